The molecule has 0 bridgehead atoms. The van der Waals surface area contributed by atoms with Gasteiger partial charge in [-0.25, -0.2) is 0 Å². The monoisotopic (exact) mass is 224 g/mol. The van der Waals surface area contributed by atoms with E-state index in [0.717, 1.165) is 11.5 Å². The van der Waals surface area contributed by atoms with E-state index in [0.29, 0.717) is 22.1 Å². The Kier molecular flexibility index (Phi) is 2.46. The second-order valence-corrected chi connectivity index (χ2v) is 3.72. The van der Waals surface area contributed by atoms with E-state index in [-0.39, 0.29) is 5.91 Å². The summed E-state index contributed by atoms with van der Waals surface area (Å²) in [6.07, 6.45) is 0. The van der Waals surface area contributed by atoms with Crippen LogP contribution in [-0.4, -0.2) is 20.7 Å². The van der Waals surface area contributed by atoms with Crippen molar-refractivity contribution >= 4 is 23.3 Å². The number of hydrogen-bond donors (Lipinski definition) is 1. The van der Waals surface area contributed by atoms with Gasteiger partial charge < -0.3 is 9.84 Å². The van der Waals surface area contributed by atoms with Crippen LogP contribution in [-0.2, 0) is 0 Å². The van der Waals surface area contributed by atoms with Gasteiger partial charge in [-0.3, -0.25) is 4.79 Å². The first-order valence-corrected chi connectivity index (χ1v) is 4.98. The van der Waals surface area contributed by atoms with Gasteiger partial charge in [0.05, 0.1) is 5.69 Å². The van der Waals surface area contributed by atoms with Crippen LogP contribution >= 0.6 is 11.5 Å². The van der Waals surface area contributed by atoms with Gasteiger partial charge in [-0.15, -0.1) is 5.10 Å². The molecule has 0 aromatic carbocycles. The number of nitrogens with zero attached hydrogens (tertiary/aromatic N) is 3. The third-order valence-electron chi connectivity index (χ3n) is 1.73. The molecule has 0 fully saturated rings. The average Bonchev–Trinajstić information content (AvgIpc) is 2.75. The molecule has 1 amide bonds. The zero-order chi connectivity index (χ0) is 10.8. The quantitative estimate of drug-likeness (QED) is 0.833. The van der Waals surface area contributed by atoms with Crippen molar-refractivity contribution in [3.05, 3.63) is 22.4 Å². The van der Waals surface area contributed by atoms with Crippen LogP contribution in [0.25, 0.3) is 0 Å². The van der Waals surface area contributed by atoms with E-state index in [9.17, 15) is 4.79 Å². The lowest BCUT2D eigenvalue weighted by molar-refractivity contribution is 0.102. The first-order chi connectivity index (χ1) is 7.16. The van der Waals surface area contributed by atoms with E-state index in [1.807, 2.05) is 0 Å². The standard InChI is InChI=1S/C8H8N4O2S/c1-4-3-6(11-14-4)9-8(13)7-5(2)10-12-15-7/h3H,1-2H3,(H,9,11,13). The highest BCUT2D eigenvalue weighted by molar-refractivity contribution is 7.08. The lowest BCUT2D eigenvalue weighted by Gasteiger charge is -1.96. The van der Waals surface area contributed by atoms with Gasteiger partial charge in [-0.1, -0.05) is 9.64 Å². The summed E-state index contributed by atoms with van der Waals surface area (Å²) < 4.78 is 8.50. The fraction of sp³-hybridized carbons (Fsp3) is 0.250. The van der Waals surface area contributed by atoms with Gasteiger partial charge in [0.25, 0.3) is 5.91 Å². The molecule has 0 aliphatic rings. The Balaban J connectivity index is 2.14. The number of aryl methyl sites for hydroxylation is 2. The maximum absolute atomic E-state index is 11.6. The number of amides is 1. The lowest BCUT2D eigenvalue weighted by atomic mass is 10.4. The third-order valence-corrected chi connectivity index (χ3v) is 2.55. The van der Waals surface area contributed by atoms with Crippen LogP contribution in [0.1, 0.15) is 21.1 Å². The largest absolute Gasteiger partial charge is 0.360 e. The van der Waals surface area contributed by atoms with Crippen molar-refractivity contribution in [2.75, 3.05) is 5.32 Å². The van der Waals surface area contributed by atoms with Crippen molar-refractivity contribution in [2.45, 2.75) is 13.8 Å². The molecule has 1 N–H and O–H groups in total. The summed E-state index contributed by atoms with van der Waals surface area (Å²) in [4.78, 5) is 12.1. The maximum Gasteiger partial charge on any atom is 0.270 e. The van der Waals surface area contributed by atoms with Crippen molar-refractivity contribution in [1.82, 2.24) is 14.7 Å². The molecule has 0 aliphatic heterocycles. The number of carbonyl (C=O) groups is 1. The Morgan fingerprint density at radius 2 is 2.33 bits per heavy atom. The first-order valence-electron chi connectivity index (χ1n) is 4.20. The molecular formula is C8H8N4O2S. The van der Waals surface area contributed by atoms with Gasteiger partial charge in [-0.2, -0.15) is 0 Å². The van der Waals surface area contributed by atoms with E-state index in [2.05, 4.69) is 20.1 Å². The maximum atomic E-state index is 11.6. The first kappa shape index (κ1) is 9.78. The summed E-state index contributed by atoms with van der Waals surface area (Å²) in [6, 6.07) is 1.64. The zero-order valence-corrected chi connectivity index (χ0v) is 8.96. The molecule has 2 rings (SSSR count). The summed E-state index contributed by atoms with van der Waals surface area (Å²) in [6.45, 7) is 3.48. The smallest absolute Gasteiger partial charge is 0.270 e. The predicted octanol–water partition coefficient (Wildman–Crippen LogP) is 1.40. The van der Waals surface area contributed by atoms with Crippen LogP contribution in [0.2, 0.25) is 0 Å². The minimum Gasteiger partial charge on any atom is -0.360 e. The van der Waals surface area contributed by atoms with Crippen molar-refractivity contribution in [3.8, 4) is 0 Å². The third kappa shape index (κ3) is 2.01. The molecule has 78 valence electrons. The van der Waals surface area contributed by atoms with Gasteiger partial charge >= 0.3 is 0 Å². The van der Waals surface area contributed by atoms with E-state index in [1.54, 1.807) is 19.9 Å². The van der Waals surface area contributed by atoms with Gasteiger partial charge in [0, 0.05) is 6.07 Å². The molecule has 0 saturated carbocycles. The fourth-order valence-electron chi connectivity index (χ4n) is 1.04. The molecule has 0 aliphatic carbocycles. The summed E-state index contributed by atoms with van der Waals surface area (Å²) in [5, 5.41) is 9.99. The number of hydrogen-bond acceptors (Lipinski definition) is 6. The Labute approximate surface area is 89.4 Å². The molecule has 2 heterocycles. The minimum absolute atomic E-state index is 0.268. The molecule has 0 saturated heterocycles. The Bertz CT molecular complexity index is 490. The van der Waals surface area contributed by atoms with Crippen LogP contribution in [0.3, 0.4) is 0 Å². The fourth-order valence-corrected chi connectivity index (χ4v) is 1.59. The van der Waals surface area contributed by atoms with E-state index >= 15 is 0 Å². The van der Waals surface area contributed by atoms with Crippen molar-refractivity contribution < 1.29 is 9.32 Å². The second kappa shape index (κ2) is 3.77. The Morgan fingerprint density at radius 3 is 2.87 bits per heavy atom. The van der Waals surface area contributed by atoms with Gasteiger partial charge in [0.2, 0.25) is 0 Å². The summed E-state index contributed by atoms with van der Waals surface area (Å²) in [5.74, 6) is 0.769. The van der Waals surface area contributed by atoms with Gasteiger partial charge in [-0.05, 0) is 25.4 Å². The molecule has 2 aromatic rings. The van der Waals surface area contributed by atoms with Crippen molar-refractivity contribution in [1.29, 1.82) is 0 Å². The van der Waals surface area contributed by atoms with Crippen molar-refractivity contribution in [3.63, 3.8) is 0 Å². The number of rotatable bonds is 2. The van der Waals surface area contributed by atoms with Crippen LogP contribution < -0.4 is 5.32 Å². The van der Waals surface area contributed by atoms with Gasteiger partial charge in [0.1, 0.15) is 10.6 Å². The number of carbonyl (C=O) groups excluding carboxylic acids is 1. The molecule has 15 heavy (non-hydrogen) atoms. The zero-order valence-electron chi connectivity index (χ0n) is 8.14. The molecule has 7 heteroatoms. The van der Waals surface area contributed by atoms with Crippen LogP contribution in [0.4, 0.5) is 5.82 Å². The highest BCUT2D eigenvalue weighted by Gasteiger charge is 2.14. The Morgan fingerprint density at radius 1 is 1.53 bits per heavy atom. The topological polar surface area (TPSA) is 80.9 Å². The highest BCUT2D eigenvalue weighted by atomic mass is 32.1. The van der Waals surface area contributed by atoms with Crippen LogP contribution in [0.5, 0.6) is 0 Å². The number of anilines is 1. The molecule has 0 unspecified atom stereocenters. The summed E-state index contributed by atoms with van der Waals surface area (Å²) in [7, 11) is 0. The molecule has 0 atom stereocenters. The number of aromatic nitrogens is 3. The van der Waals surface area contributed by atoms with Crippen LogP contribution in [0, 0.1) is 13.8 Å². The predicted molar refractivity (Wildman–Crippen MR) is 53.8 cm³/mol. The highest BCUT2D eigenvalue weighted by Crippen LogP contribution is 2.13. The molecule has 0 radical (unpaired) electrons. The summed E-state index contributed by atoms with van der Waals surface area (Å²) in [5.41, 5.74) is 0.609. The summed E-state index contributed by atoms with van der Waals surface area (Å²) >= 11 is 1.05. The lowest BCUT2D eigenvalue weighted by Crippen LogP contribution is -2.11. The average molecular weight is 224 g/mol. The number of nitrogens with one attached hydrogen (secondary N) is 1. The Hall–Kier alpha value is -1.76. The molecular weight excluding hydrogens is 216 g/mol. The van der Waals surface area contributed by atoms with E-state index in [4.69, 9.17) is 4.52 Å². The van der Waals surface area contributed by atoms with Gasteiger partial charge in [0.15, 0.2) is 5.82 Å². The molecule has 2 aromatic heterocycles. The van der Waals surface area contributed by atoms with Crippen molar-refractivity contribution in [2.24, 2.45) is 0 Å². The SMILES string of the molecule is Cc1cc(NC(=O)c2snnc2C)no1. The molecule has 6 nitrogen and oxygen atoms in total. The van der Waals surface area contributed by atoms with E-state index < -0.39 is 0 Å². The van der Waals surface area contributed by atoms with Crippen LogP contribution in [0.15, 0.2) is 10.6 Å². The van der Waals surface area contributed by atoms with E-state index in [1.165, 1.54) is 0 Å². The molecule has 0 spiro atoms. The second-order valence-electron chi connectivity index (χ2n) is 2.96. The normalized spacial score (nSPS) is 10.3. The minimum atomic E-state index is -0.268.